The van der Waals surface area contributed by atoms with Crippen LogP contribution in [0.4, 0.5) is 0 Å². The zero-order valence-electron chi connectivity index (χ0n) is 12.2. The topological polar surface area (TPSA) is 73.2 Å². The second kappa shape index (κ2) is 7.03. The van der Waals surface area contributed by atoms with Gasteiger partial charge in [-0.15, -0.1) is 0 Å². The van der Waals surface area contributed by atoms with Crippen molar-refractivity contribution in [3.05, 3.63) is 29.8 Å². The molecule has 0 saturated carbocycles. The summed E-state index contributed by atoms with van der Waals surface area (Å²) >= 11 is 0. The molecule has 6 heteroatoms. The first-order valence-electron chi connectivity index (χ1n) is 7.29. The number of hydrogen-bond acceptors (Lipinski definition) is 4. The molecular formula is C15H21N3O2S. The number of benzene rings is 1. The third kappa shape index (κ3) is 3.82. The third-order valence-corrected chi connectivity index (χ3v) is 5.75. The molecule has 1 aliphatic rings. The van der Waals surface area contributed by atoms with Gasteiger partial charge in [-0.1, -0.05) is 13.0 Å². The quantitative estimate of drug-likeness (QED) is 0.896. The lowest BCUT2D eigenvalue weighted by molar-refractivity contribution is 0.268. The van der Waals surface area contributed by atoms with E-state index in [1.54, 1.807) is 18.2 Å². The van der Waals surface area contributed by atoms with E-state index in [-0.39, 0.29) is 4.90 Å². The number of nitriles is 1. The molecule has 1 saturated heterocycles. The van der Waals surface area contributed by atoms with Crippen molar-refractivity contribution in [2.75, 3.05) is 26.2 Å². The van der Waals surface area contributed by atoms with Crippen molar-refractivity contribution in [3.63, 3.8) is 0 Å². The highest BCUT2D eigenvalue weighted by Crippen LogP contribution is 2.23. The van der Waals surface area contributed by atoms with Crippen LogP contribution in [0.5, 0.6) is 0 Å². The Balaban J connectivity index is 2.06. The van der Waals surface area contributed by atoms with Gasteiger partial charge in [0.15, 0.2) is 0 Å². The molecule has 1 fully saturated rings. The van der Waals surface area contributed by atoms with Crippen molar-refractivity contribution >= 4 is 10.0 Å². The predicted molar refractivity (Wildman–Crippen MR) is 81.2 cm³/mol. The summed E-state index contributed by atoms with van der Waals surface area (Å²) in [6.07, 6.45) is 1.76. The lowest BCUT2D eigenvalue weighted by atomic mass is 9.98. The van der Waals surface area contributed by atoms with Crippen molar-refractivity contribution in [2.24, 2.45) is 5.92 Å². The number of piperidine rings is 1. The van der Waals surface area contributed by atoms with Gasteiger partial charge in [0.25, 0.3) is 0 Å². The van der Waals surface area contributed by atoms with Crippen LogP contribution >= 0.6 is 0 Å². The van der Waals surface area contributed by atoms with Crippen molar-refractivity contribution in [1.82, 2.24) is 9.62 Å². The molecule has 21 heavy (non-hydrogen) atoms. The van der Waals surface area contributed by atoms with Crippen LogP contribution in [0, 0.1) is 17.2 Å². The van der Waals surface area contributed by atoms with Gasteiger partial charge in [-0.05, 0) is 50.0 Å². The van der Waals surface area contributed by atoms with Gasteiger partial charge in [0.1, 0.15) is 0 Å². The van der Waals surface area contributed by atoms with E-state index in [1.807, 2.05) is 6.07 Å². The molecule has 1 aromatic rings. The van der Waals surface area contributed by atoms with E-state index in [1.165, 1.54) is 10.4 Å². The highest BCUT2D eigenvalue weighted by Gasteiger charge is 2.29. The Morgan fingerprint density at radius 1 is 1.38 bits per heavy atom. The van der Waals surface area contributed by atoms with Gasteiger partial charge in [-0.25, -0.2) is 8.42 Å². The Kier molecular flexibility index (Phi) is 5.34. The summed E-state index contributed by atoms with van der Waals surface area (Å²) in [4.78, 5) is 0.215. The Labute approximate surface area is 126 Å². The molecule has 0 unspecified atom stereocenters. The highest BCUT2D eigenvalue weighted by atomic mass is 32.2. The SMILES string of the molecule is CCNCC1CCN(S(=O)(=O)c2cccc(C#N)c2)CC1. The van der Waals surface area contributed by atoms with Gasteiger partial charge in [-0.3, -0.25) is 0 Å². The monoisotopic (exact) mass is 307 g/mol. The van der Waals surface area contributed by atoms with Crippen LogP contribution in [0.1, 0.15) is 25.3 Å². The Morgan fingerprint density at radius 3 is 2.71 bits per heavy atom. The molecule has 0 aromatic heterocycles. The van der Waals surface area contributed by atoms with Gasteiger partial charge in [0.2, 0.25) is 10.0 Å². The maximum Gasteiger partial charge on any atom is 0.243 e. The van der Waals surface area contributed by atoms with Crippen LogP contribution in [-0.2, 0) is 10.0 Å². The van der Waals surface area contributed by atoms with E-state index in [2.05, 4.69) is 12.2 Å². The zero-order chi connectivity index (χ0) is 15.3. The Hall–Kier alpha value is -1.42. The molecule has 0 amide bonds. The molecule has 1 aromatic carbocycles. The minimum Gasteiger partial charge on any atom is -0.317 e. The summed E-state index contributed by atoms with van der Waals surface area (Å²) in [6, 6.07) is 8.21. The van der Waals surface area contributed by atoms with Crippen LogP contribution in [0.15, 0.2) is 29.2 Å². The normalized spacial score (nSPS) is 17.5. The lowest BCUT2D eigenvalue weighted by Crippen LogP contribution is -2.40. The first-order chi connectivity index (χ1) is 10.1. The standard InChI is InChI=1S/C15H21N3O2S/c1-2-17-12-13-6-8-18(9-7-13)21(19,20)15-5-3-4-14(10-15)11-16/h3-5,10,13,17H,2,6-9,12H2,1H3. The van der Waals surface area contributed by atoms with E-state index in [0.29, 0.717) is 24.6 Å². The maximum absolute atomic E-state index is 12.6. The predicted octanol–water partition coefficient (Wildman–Crippen LogP) is 1.57. The van der Waals surface area contributed by atoms with Gasteiger partial charge < -0.3 is 5.32 Å². The average molecular weight is 307 g/mol. The van der Waals surface area contributed by atoms with Crippen molar-refractivity contribution < 1.29 is 8.42 Å². The van der Waals surface area contributed by atoms with E-state index < -0.39 is 10.0 Å². The molecule has 1 aliphatic heterocycles. The minimum absolute atomic E-state index is 0.215. The summed E-state index contributed by atoms with van der Waals surface area (Å²) in [7, 11) is -3.48. The molecule has 2 rings (SSSR count). The van der Waals surface area contributed by atoms with E-state index in [0.717, 1.165) is 25.9 Å². The summed E-state index contributed by atoms with van der Waals surface area (Å²) < 4.78 is 26.7. The van der Waals surface area contributed by atoms with E-state index in [9.17, 15) is 8.42 Å². The van der Waals surface area contributed by atoms with E-state index >= 15 is 0 Å². The van der Waals surface area contributed by atoms with Crippen molar-refractivity contribution in [2.45, 2.75) is 24.7 Å². The number of rotatable bonds is 5. The summed E-state index contributed by atoms with van der Waals surface area (Å²) in [5, 5.41) is 12.2. The fourth-order valence-corrected chi connectivity index (χ4v) is 4.09. The molecule has 0 aliphatic carbocycles. The second-order valence-corrected chi connectivity index (χ2v) is 7.23. The molecule has 5 nitrogen and oxygen atoms in total. The van der Waals surface area contributed by atoms with Gasteiger partial charge in [0, 0.05) is 13.1 Å². The van der Waals surface area contributed by atoms with Crippen molar-refractivity contribution in [1.29, 1.82) is 5.26 Å². The Morgan fingerprint density at radius 2 is 2.10 bits per heavy atom. The minimum atomic E-state index is -3.48. The lowest BCUT2D eigenvalue weighted by Gasteiger charge is -2.31. The number of nitrogens with zero attached hydrogens (tertiary/aromatic N) is 2. The van der Waals surface area contributed by atoms with Crippen molar-refractivity contribution in [3.8, 4) is 6.07 Å². The highest BCUT2D eigenvalue weighted by molar-refractivity contribution is 7.89. The molecule has 0 atom stereocenters. The molecular weight excluding hydrogens is 286 g/mol. The zero-order valence-corrected chi connectivity index (χ0v) is 13.1. The molecule has 1 heterocycles. The number of nitrogens with one attached hydrogen (secondary N) is 1. The van der Waals surface area contributed by atoms with Crippen LogP contribution in [0.3, 0.4) is 0 Å². The second-order valence-electron chi connectivity index (χ2n) is 5.29. The van der Waals surface area contributed by atoms with Gasteiger partial charge in [-0.2, -0.15) is 9.57 Å². The Bertz CT molecular complexity index is 614. The van der Waals surface area contributed by atoms with Gasteiger partial charge >= 0.3 is 0 Å². The van der Waals surface area contributed by atoms with Crippen LogP contribution in [0.25, 0.3) is 0 Å². The summed E-state index contributed by atoms with van der Waals surface area (Å²) in [5.41, 5.74) is 0.373. The van der Waals surface area contributed by atoms with Gasteiger partial charge in [0.05, 0.1) is 16.5 Å². The molecule has 114 valence electrons. The summed E-state index contributed by atoms with van der Waals surface area (Å²) in [5.74, 6) is 0.543. The number of hydrogen-bond donors (Lipinski definition) is 1. The maximum atomic E-state index is 12.6. The largest absolute Gasteiger partial charge is 0.317 e. The van der Waals surface area contributed by atoms with E-state index in [4.69, 9.17) is 5.26 Å². The fourth-order valence-electron chi connectivity index (χ4n) is 2.58. The fraction of sp³-hybridized carbons (Fsp3) is 0.533. The molecule has 0 radical (unpaired) electrons. The van der Waals surface area contributed by atoms with Crippen LogP contribution in [0.2, 0.25) is 0 Å². The molecule has 1 N–H and O–H groups in total. The van der Waals surface area contributed by atoms with Crippen LogP contribution in [-0.4, -0.2) is 38.9 Å². The smallest absolute Gasteiger partial charge is 0.243 e. The first-order valence-corrected chi connectivity index (χ1v) is 8.73. The molecule has 0 bridgehead atoms. The average Bonchev–Trinajstić information content (AvgIpc) is 2.53. The first kappa shape index (κ1) is 16.0. The van der Waals surface area contributed by atoms with Crippen LogP contribution < -0.4 is 5.32 Å². The number of sulfonamides is 1. The molecule has 0 spiro atoms. The summed E-state index contributed by atoms with van der Waals surface area (Å²) in [6.45, 7) is 5.07. The third-order valence-electron chi connectivity index (χ3n) is 3.86.